The molecule has 0 heterocycles. The van der Waals surface area contributed by atoms with E-state index in [0.717, 1.165) is 12.5 Å². The van der Waals surface area contributed by atoms with E-state index in [9.17, 15) is 4.79 Å². The molecule has 20 heavy (non-hydrogen) atoms. The van der Waals surface area contributed by atoms with Gasteiger partial charge in [0, 0.05) is 6.07 Å². The molecule has 0 atom stereocenters. The van der Waals surface area contributed by atoms with Crippen LogP contribution < -0.4 is 0 Å². The quantitative estimate of drug-likeness (QED) is 0.784. The molecule has 3 N–H and O–H groups in total. The van der Waals surface area contributed by atoms with Gasteiger partial charge in [0.1, 0.15) is 17.1 Å². The zero-order chi connectivity index (χ0) is 15.1. The van der Waals surface area contributed by atoms with E-state index in [1.165, 1.54) is 18.6 Å². The van der Waals surface area contributed by atoms with E-state index in [0.29, 0.717) is 5.56 Å². The number of phenols is 2. The summed E-state index contributed by atoms with van der Waals surface area (Å²) in [5, 5.41) is 26.6. The fraction of sp³-hybridized carbons (Fsp3) is 0.188. The normalized spacial score (nSPS) is 9.50. The van der Waals surface area contributed by atoms with Crippen LogP contribution in [0.5, 0.6) is 11.5 Å². The number of rotatable bonds is 2. The van der Waals surface area contributed by atoms with Crippen molar-refractivity contribution in [3.05, 3.63) is 59.2 Å². The van der Waals surface area contributed by atoms with Gasteiger partial charge in [-0.3, -0.25) is 0 Å². The summed E-state index contributed by atoms with van der Waals surface area (Å²) in [6.07, 6.45) is 1.14. The average Bonchev–Trinajstić information content (AvgIpc) is 2.38. The monoisotopic (exact) mass is 274 g/mol. The molecule has 0 bridgehead atoms. The van der Waals surface area contributed by atoms with Crippen molar-refractivity contribution in [1.82, 2.24) is 0 Å². The molecule has 0 aliphatic heterocycles. The summed E-state index contributed by atoms with van der Waals surface area (Å²) in [4.78, 5) is 10.5. The van der Waals surface area contributed by atoms with E-state index in [-0.39, 0.29) is 11.3 Å². The van der Waals surface area contributed by atoms with E-state index in [4.69, 9.17) is 15.3 Å². The van der Waals surface area contributed by atoms with Crippen LogP contribution in [-0.4, -0.2) is 21.3 Å². The van der Waals surface area contributed by atoms with E-state index in [1.54, 1.807) is 0 Å². The van der Waals surface area contributed by atoms with Crippen molar-refractivity contribution < 1.29 is 20.1 Å². The minimum atomic E-state index is -1.20. The Morgan fingerprint density at radius 3 is 2.10 bits per heavy atom. The number of aryl methyl sites for hydroxylation is 2. The Balaban J connectivity index is 0.000000217. The van der Waals surface area contributed by atoms with Gasteiger partial charge in [-0.25, -0.2) is 4.79 Å². The van der Waals surface area contributed by atoms with Crippen molar-refractivity contribution in [2.45, 2.75) is 20.3 Å². The lowest BCUT2D eigenvalue weighted by molar-refractivity contribution is 0.0693. The minimum Gasteiger partial charge on any atom is -0.508 e. The summed E-state index contributed by atoms with van der Waals surface area (Å²) >= 11 is 0. The fourth-order valence-electron chi connectivity index (χ4n) is 1.74. The molecule has 0 saturated heterocycles. The van der Waals surface area contributed by atoms with Crippen molar-refractivity contribution in [3.63, 3.8) is 0 Å². The number of aromatic hydroxyl groups is 2. The third kappa shape index (κ3) is 4.31. The van der Waals surface area contributed by atoms with E-state index in [2.05, 4.69) is 31.2 Å². The number of hydrogen-bond acceptors (Lipinski definition) is 3. The van der Waals surface area contributed by atoms with Gasteiger partial charge in [-0.05, 0) is 30.5 Å². The van der Waals surface area contributed by atoms with Crippen molar-refractivity contribution >= 4 is 5.97 Å². The molecule has 0 aliphatic rings. The molecule has 4 heteroatoms. The summed E-state index contributed by atoms with van der Waals surface area (Å²) < 4.78 is 0. The molecule has 4 nitrogen and oxygen atoms in total. The van der Waals surface area contributed by atoms with Crippen molar-refractivity contribution in [2.24, 2.45) is 0 Å². The van der Waals surface area contributed by atoms with Crippen LogP contribution in [0.15, 0.2) is 42.5 Å². The van der Waals surface area contributed by atoms with E-state index in [1.807, 2.05) is 6.07 Å². The second-order valence-corrected chi connectivity index (χ2v) is 4.30. The predicted octanol–water partition coefficient (Wildman–Crippen LogP) is 3.35. The first-order chi connectivity index (χ1) is 9.45. The summed E-state index contributed by atoms with van der Waals surface area (Å²) in [5.41, 5.74) is 1.57. The molecule has 0 saturated carbocycles. The van der Waals surface area contributed by atoms with E-state index < -0.39 is 11.7 Å². The van der Waals surface area contributed by atoms with Gasteiger partial charge in [0.15, 0.2) is 0 Å². The second kappa shape index (κ2) is 7.19. The van der Waals surface area contributed by atoms with Gasteiger partial charge in [0.2, 0.25) is 0 Å². The average molecular weight is 274 g/mol. The number of carboxylic acid groups (broad SMARTS) is 1. The summed E-state index contributed by atoms with van der Waals surface area (Å²) in [6, 6.07) is 12.7. The molecule has 106 valence electrons. The Morgan fingerprint density at radius 2 is 1.70 bits per heavy atom. The molecule has 2 rings (SSSR count). The molecular formula is C16H18O4. The lowest BCUT2D eigenvalue weighted by Gasteiger charge is -2.03. The van der Waals surface area contributed by atoms with Crippen LogP contribution in [0, 0.1) is 6.92 Å². The lowest BCUT2D eigenvalue weighted by atomic mass is 10.1. The maximum Gasteiger partial charge on any atom is 0.339 e. The highest BCUT2D eigenvalue weighted by atomic mass is 16.4. The highest BCUT2D eigenvalue weighted by molar-refractivity contribution is 5.92. The molecule has 0 radical (unpaired) electrons. The fourth-order valence-corrected chi connectivity index (χ4v) is 1.74. The summed E-state index contributed by atoms with van der Waals surface area (Å²) in [6.45, 7) is 3.66. The van der Waals surface area contributed by atoms with Gasteiger partial charge in [-0.2, -0.15) is 0 Å². The van der Waals surface area contributed by atoms with Crippen LogP contribution in [0.25, 0.3) is 0 Å². The standard InChI is InChI=1S/C8H8O4.C8H10/c1-4-2-5(9)3-6(10)7(4)8(11)12;1-2-8-6-4-3-5-7-8/h2-3,9-10H,1H3,(H,11,12);3-7H,2H2,1H3. The summed E-state index contributed by atoms with van der Waals surface area (Å²) in [7, 11) is 0. The SMILES string of the molecule is CCc1ccccc1.Cc1cc(O)cc(O)c1C(=O)O. The van der Waals surface area contributed by atoms with Crippen LogP contribution in [-0.2, 0) is 6.42 Å². The number of aromatic carboxylic acids is 1. The van der Waals surface area contributed by atoms with Crippen molar-refractivity contribution in [2.75, 3.05) is 0 Å². The van der Waals surface area contributed by atoms with Gasteiger partial charge >= 0.3 is 5.97 Å². The molecule has 0 fully saturated rings. The molecule has 0 aromatic heterocycles. The zero-order valence-corrected chi connectivity index (χ0v) is 11.5. The second-order valence-electron chi connectivity index (χ2n) is 4.30. The smallest absolute Gasteiger partial charge is 0.339 e. The number of carboxylic acids is 1. The lowest BCUT2D eigenvalue weighted by Crippen LogP contribution is -1.99. The predicted molar refractivity (Wildman–Crippen MR) is 77.3 cm³/mol. The molecule has 0 amide bonds. The Morgan fingerprint density at radius 1 is 1.10 bits per heavy atom. The highest BCUT2D eigenvalue weighted by Gasteiger charge is 2.13. The Labute approximate surface area is 117 Å². The van der Waals surface area contributed by atoms with Gasteiger partial charge in [-0.15, -0.1) is 0 Å². The van der Waals surface area contributed by atoms with Crippen molar-refractivity contribution in [1.29, 1.82) is 0 Å². The van der Waals surface area contributed by atoms with Crippen LogP contribution in [0.1, 0.15) is 28.4 Å². The Kier molecular flexibility index (Phi) is 5.59. The maximum atomic E-state index is 10.5. The molecule has 0 spiro atoms. The molecule has 0 unspecified atom stereocenters. The number of carbonyl (C=O) groups is 1. The van der Waals surface area contributed by atoms with Crippen LogP contribution in [0.3, 0.4) is 0 Å². The van der Waals surface area contributed by atoms with Gasteiger partial charge < -0.3 is 15.3 Å². The first-order valence-corrected chi connectivity index (χ1v) is 6.25. The molecule has 2 aromatic rings. The molecule has 2 aromatic carbocycles. The third-order valence-corrected chi connectivity index (χ3v) is 2.76. The van der Waals surface area contributed by atoms with Gasteiger partial charge in [0.25, 0.3) is 0 Å². The Bertz CT molecular complexity index is 553. The van der Waals surface area contributed by atoms with Crippen LogP contribution >= 0.6 is 0 Å². The van der Waals surface area contributed by atoms with E-state index >= 15 is 0 Å². The molecular weight excluding hydrogens is 256 g/mol. The maximum absolute atomic E-state index is 10.5. The number of hydrogen-bond donors (Lipinski definition) is 3. The largest absolute Gasteiger partial charge is 0.508 e. The van der Waals surface area contributed by atoms with Gasteiger partial charge in [0.05, 0.1) is 0 Å². The molecule has 0 aliphatic carbocycles. The number of benzene rings is 2. The van der Waals surface area contributed by atoms with Gasteiger partial charge in [-0.1, -0.05) is 37.3 Å². The Hall–Kier alpha value is -2.49. The minimum absolute atomic E-state index is 0.144. The highest BCUT2D eigenvalue weighted by Crippen LogP contribution is 2.26. The first-order valence-electron chi connectivity index (χ1n) is 6.25. The summed E-state index contributed by atoms with van der Waals surface area (Å²) in [5.74, 6) is -1.76. The van der Waals surface area contributed by atoms with Crippen LogP contribution in [0.4, 0.5) is 0 Å². The zero-order valence-electron chi connectivity index (χ0n) is 11.5. The number of phenolic OH excluding ortho intramolecular Hbond substituents is 1. The van der Waals surface area contributed by atoms with Crippen molar-refractivity contribution in [3.8, 4) is 11.5 Å². The first kappa shape index (κ1) is 15.6. The van der Waals surface area contributed by atoms with Crippen LogP contribution in [0.2, 0.25) is 0 Å². The third-order valence-electron chi connectivity index (χ3n) is 2.76. The topological polar surface area (TPSA) is 77.8 Å².